The van der Waals surface area contributed by atoms with Crippen LogP contribution in [-0.2, 0) is 22.3 Å². The number of hydrogen-bond acceptors (Lipinski definition) is 3. The predicted octanol–water partition coefficient (Wildman–Crippen LogP) is 1.97. The first-order valence-corrected chi connectivity index (χ1v) is 8.89. The number of sulfonamides is 1. The van der Waals surface area contributed by atoms with Gasteiger partial charge in [-0.05, 0) is 37.2 Å². The molecular weight excluding hydrogens is 312 g/mol. The molecule has 0 radical (unpaired) electrons. The zero-order valence-corrected chi connectivity index (χ0v) is 14.0. The first-order chi connectivity index (χ1) is 10.9. The van der Waals surface area contributed by atoms with Crippen LogP contribution in [0.25, 0.3) is 0 Å². The molecule has 2 N–H and O–H groups in total. The number of rotatable bonds is 6. The van der Waals surface area contributed by atoms with Crippen LogP contribution in [0.5, 0.6) is 0 Å². The van der Waals surface area contributed by atoms with Crippen molar-refractivity contribution < 1.29 is 13.2 Å². The summed E-state index contributed by atoms with van der Waals surface area (Å²) in [6.07, 6.45) is 0. The first kappa shape index (κ1) is 17.2. The van der Waals surface area contributed by atoms with Crippen LogP contribution in [0.4, 0.5) is 0 Å². The molecule has 0 fully saturated rings. The Balaban J connectivity index is 2.10. The number of carbonyl (C=O) groups is 1. The Morgan fingerprint density at radius 2 is 1.74 bits per heavy atom. The van der Waals surface area contributed by atoms with Gasteiger partial charge in [-0.1, -0.05) is 42.0 Å². The van der Waals surface area contributed by atoms with Crippen LogP contribution in [0.15, 0.2) is 48.5 Å². The van der Waals surface area contributed by atoms with Crippen LogP contribution in [0.3, 0.4) is 0 Å². The van der Waals surface area contributed by atoms with Gasteiger partial charge in [0.15, 0.2) is 0 Å². The van der Waals surface area contributed by atoms with Gasteiger partial charge >= 0.3 is 0 Å². The third-order valence-corrected chi connectivity index (χ3v) is 4.81. The van der Waals surface area contributed by atoms with E-state index in [2.05, 4.69) is 10.0 Å². The number of hydrogen-bond donors (Lipinski definition) is 2. The maximum atomic E-state index is 12.2. The van der Waals surface area contributed by atoms with Gasteiger partial charge in [-0.2, -0.15) is 0 Å². The average Bonchev–Trinajstić information content (AvgIpc) is 2.53. The largest absolute Gasteiger partial charge is 0.348 e. The van der Waals surface area contributed by atoms with E-state index >= 15 is 0 Å². The second kappa shape index (κ2) is 7.39. The Morgan fingerprint density at radius 3 is 2.39 bits per heavy atom. The smallest absolute Gasteiger partial charge is 0.251 e. The minimum absolute atomic E-state index is 0.111. The summed E-state index contributed by atoms with van der Waals surface area (Å²) in [5, 5.41) is 2.83. The summed E-state index contributed by atoms with van der Waals surface area (Å²) in [5.74, 6) is -0.292. The molecule has 122 valence electrons. The molecule has 0 saturated heterocycles. The Labute approximate surface area is 136 Å². The second-order valence-corrected chi connectivity index (χ2v) is 7.21. The van der Waals surface area contributed by atoms with Crippen LogP contribution in [0.1, 0.15) is 27.0 Å². The fraction of sp³-hybridized carbons (Fsp3) is 0.235. The van der Waals surface area contributed by atoms with E-state index in [0.717, 1.165) is 11.1 Å². The Hall–Kier alpha value is -2.18. The van der Waals surface area contributed by atoms with Gasteiger partial charge in [-0.15, -0.1) is 0 Å². The lowest BCUT2D eigenvalue weighted by atomic mass is 10.1. The second-order valence-electron chi connectivity index (χ2n) is 5.28. The van der Waals surface area contributed by atoms with E-state index in [4.69, 9.17) is 0 Å². The summed E-state index contributed by atoms with van der Waals surface area (Å²) in [4.78, 5) is 12.2. The molecule has 23 heavy (non-hydrogen) atoms. The minimum atomic E-state index is -3.35. The number of carbonyl (C=O) groups excluding carboxylic acids is 1. The Morgan fingerprint density at radius 1 is 1.04 bits per heavy atom. The highest BCUT2D eigenvalue weighted by Gasteiger charge is 2.13. The van der Waals surface area contributed by atoms with E-state index < -0.39 is 10.0 Å². The van der Waals surface area contributed by atoms with Gasteiger partial charge in [-0.3, -0.25) is 4.79 Å². The summed E-state index contributed by atoms with van der Waals surface area (Å²) >= 11 is 0. The van der Waals surface area contributed by atoms with Crippen molar-refractivity contribution in [1.82, 2.24) is 10.0 Å². The molecule has 0 atom stereocenters. The zero-order chi connectivity index (χ0) is 16.9. The van der Waals surface area contributed by atoms with Crippen LogP contribution < -0.4 is 10.0 Å². The number of nitrogens with one attached hydrogen (secondary N) is 2. The molecule has 2 aromatic carbocycles. The van der Waals surface area contributed by atoms with Crippen molar-refractivity contribution in [1.29, 1.82) is 0 Å². The molecule has 2 rings (SSSR count). The van der Waals surface area contributed by atoms with Crippen LogP contribution in [0.2, 0.25) is 0 Å². The van der Waals surface area contributed by atoms with Crippen molar-refractivity contribution in [3.05, 3.63) is 70.8 Å². The fourth-order valence-corrected chi connectivity index (χ4v) is 3.05. The molecule has 0 heterocycles. The lowest BCUT2D eigenvalue weighted by molar-refractivity contribution is 0.0951. The lowest BCUT2D eigenvalue weighted by Gasteiger charge is -2.11. The first-order valence-electron chi connectivity index (χ1n) is 7.24. The third-order valence-electron chi connectivity index (χ3n) is 3.49. The Kier molecular flexibility index (Phi) is 5.52. The quantitative estimate of drug-likeness (QED) is 0.849. The predicted molar refractivity (Wildman–Crippen MR) is 90.5 cm³/mol. The normalized spacial score (nSPS) is 11.2. The van der Waals surface area contributed by atoms with Crippen LogP contribution >= 0.6 is 0 Å². The molecule has 0 aliphatic carbocycles. The number of benzene rings is 2. The molecule has 0 aliphatic rings. The van der Waals surface area contributed by atoms with E-state index in [-0.39, 0.29) is 18.2 Å². The zero-order valence-electron chi connectivity index (χ0n) is 13.2. The molecule has 0 unspecified atom stereocenters. The summed E-state index contributed by atoms with van der Waals surface area (Å²) < 4.78 is 25.7. The molecule has 0 aromatic heterocycles. The third kappa shape index (κ3) is 4.91. The highest BCUT2D eigenvalue weighted by atomic mass is 32.2. The van der Waals surface area contributed by atoms with Crippen molar-refractivity contribution >= 4 is 15.9 Å². The highest BCUT2D eigenvalue weighted by molar-refractivity contribution is 7.88. The van der Waals surface area contributed by atoms with Gasteiger partial charge in [-0.25, -0.2) is 13.1 Å². The van der Waals surface area contributed by atoms with Gasteiger partial charge in [0, 0.05) is 12.1 Å². The van der Waals surface area contributed by atoms with E-state index in [1.54, 1.807) is 18.2 Å². The van der Waals surface area contributed by atoms with Gasteiger partial charge < -0.3 is 5.32 Å². The van der Waals surface area contributed by atoms with E-state index in [1.165, 1.54) is 7.05 Å². The monoisotopic (exact) mass is 332 g/mol. The highest BCUT2D eigenvalue weighted by Crippen LogP contribution is 2.12. The SMILES string of the molecule is CNS(=O)(=O)Cc1ccccc1CNC(=O)c1cccc(C)c1. The van der Waals surface area contributed by atoms with Crippen LogP contribution in [0, 0.1) is 6.92 Å². The van der Waals surface area contributed by atoms with Crippen LogP contribution in [-0.4, -0.2) is 21.4 Å². The van der Waals surface area contributed by atoms with Crippen molar-refractivity contribution in [2.24, 2.45) is 0 Å². The molecule has 6 heteroatoms. The molecule has 5 nitrogen and oxygen atoms in total. The molecule has 1 amide bonds. The molecule has 2 aromatic rings. The van der Waals surface area contributed by atoms with Gasteiger partial charge in [0.2, 0.25) is 10.0 Å². The molecule has 0 aliphatic heterocycles. The number of aryl methyl sites for hydroxylation is 1. The summed E-state index contributed by atoms with van der Waals surface area (Å²) in [6, 6.07) is 14.5. The summed E-state index contributed by atoms with van der Waals surface area (Å²) in [6.45, 7) is 2.21. The lowest BCUT2D eigenvalue weighted by Crippen LogP contribution is -2.25. The Bertz CT molecular complexity index is 801. The minimum Gasteiger partial charge on any atom is -0.348 e. The van der Waals surface area contributed by atoms with E-state index in [0.29, 0.717) is 11.1 Å². The molecule has 0 saturated carbocycles. The topological polar surface area (TPSA) is 75.3 Å². The van der Waals surface area contributed by atoms with Crippen molar-refractivity contribution in [3.63, 3.8) is 0 Å². The fourth-order valence-electron chi connectivity index (χ4n) is 2.21. The van der Waals surface area contributed by atoms with Crippen molar-refractivity contribution in [3.8, 4) is 0 Å². The van der Waals surface area contributed by atoms with Gasteiger partial charge in [0.25, 0.3) is 5.91 Å². The van der Waals surface area contributed by atoms with Gasteiger partial charge in [0.1, 0.15) is 0 Å². The van der Waals surface area contributed by atoms with E-state index in [1.807, 2.05) is 37.3 Å². The number of amides is 1. The molecule has 0 spiro atoms. The maximum absolute atomic E-state index is 12.2. The molecule has 0 bridgehead atoms. The average molecular weight is 332 g/mol. The summed E-state index contributed by atoms with van der Waals surface area (Å²) in [7, 11) is -1.97. The summed E-state index contributed by atoms with van der Waals surface area (Å²) in [5.41, 5.74) is 3.06. The molecular formula is C17H20N2O3S. The van der Waals surface area contributed by atoms with E-state index in [9.17, 15) is 13.2 Å². The van der Waals surface area contributed by atoms with Crippen molar-refractivity contribution in [2.45, 2.75) is 19.2 Å². The maximum Gasteiger partial charge on any atom is 0.251 e. The standard InChI is InChI=1S/C17H20N2O3S/c1-13-6-5-9-14(10-13)17(20)19-11-15-7-3-4-8-16(15)12-23(21,22)18-2/h3-10,18H,11-12H2,1-2H3,(H,19,20). The van der Waals surface area contributed by atoms with Gasteiger partial charge in [0.05, 0.1) is 5.75 Å². The van der Waals surface area contributed by atoms with Crippen molar-refractivity contribution in [2.75, 3.05) is 7.05 Å².